The topological polar surface area (TPSA) is 29.5 Å². The van der Waals surface area contributed by atoms with E-state index in [-0.39, 0.29) is 27.4 Å². The molecule has 0 aliphatic carbocycles. The molecule has 4 heteroatoms. The molecule has 3 unspecified atom stereocenters. The first-order valence-electron chi connectivity index (χ1n) is 5.94. The molecule has 4 atom stereocenters. The Morgan fingerprint density at radius 1 is 1.29 bits per heavy atom. The van der Waals surface area contributed by atoms with Crippen LogP contribution in [0.5, 0.6) is 0 Å². The minimum absolute atomic E-state index is 0.126. The molecule has 4 rings (SSSR count). The Balaban J connectivity index is 1.68. The van der Waals surface area contributed by atoms with Crippen molar-refractivity contribution in [2.45, 2.75) is 26.5 Å². The van der Waals surface area contributed by atoms with Gasteiger partial charge in [-0.2, -0.15) is 0 Å². The molecule has 0 bridgehead atoms. The van der Waals surface area contributed by atoms with Crippen LogP contribution >= 0.6 is 0 Å². The van der Waals surface area contributed by atoms with Gasteiger partial charge in [0.15, 0.2) is 0 Å². The molecule has 3 fully saturated rings. The molecule has 1 aromatic carbocycles. The molecule has 0 radical (unpaired) electrons. The number of carbonyl (C=O) groups excluding carboxylic acids is 1. The summed E-state index contributed by atoms with van der Waals surface area (Å²) in [6.07, 6.45) is 0.653. The molecular formula is C13H13INO2-. The number of hydrogen-bond acceptors (Lipinski definition) is 2. The van der Waals surface area contributed by atoms with Crippen LogP contribution in [0.3, 0.4) is 0 Å². The van der Waals surface area contributed by atoms with Crippen molar-refractivity contribution in [2.75, 3.05) is 6.61 Å². The Labute approximate surface area is 110 Å². The zero-order valence-electron chi connectivity index (χ0n) is 9.25. The number of fused-ring (bicyclic) bond motifs is 3. The predicted octanol–water partition coefficient (Wildman–Crippen LogP) is -1.84. The van der Waals surface area contributed by atoms with E-state index in [4.69, 9.17) is 4.74 Å². The maximum absolute atomic E-state index is 12.2. The van der Waals surface area contributed by atoms with Crippen molar-refractivity contribution in [2.24, 2.45) is 0 Å². The Hall–Kier alpha value is -0.620. The van der Waals surface area contributed by atoms with Crippen LogP contribution in [0.2, 0.25) is 0 Å². The molecule has 0 aromatic heterocycles. The molecule has 90 valence electrons. The number of amides is 1. The van der Waals surface area contributed by atoms with Gasteiger partial charge >= 0.3 is 111 Å². The van der Waals surface area contributed by atoms with Crippen molar-refractivity contribution in [1.82, 2.24) is 4.90 Å². The Kier molecular flexibility index (Phi) is 2.24. The summed E-state index contributed by atoms with van der Waals surface area (Å²) < 4.78 is 7.46. The van der Waals surface area contributed by atoms with E-state index in [0.717, 1.165) is 26.4 Å². The van der Waals surface area contributed by atoms with E-state index in [1.165, 1.54) is 0 Å². The van der Waals surface area contributed by atoms with Crippen LogP contribution in [-0.2, 0) is 9.53 Å². The molecule has 3 aliphatic rings. The summed E-state index contributed by atoms with van der Waals surface area (Å²) in [5, 5.41) is 0. The van der Waals surface area contributed by atoms with E-state index in [2.05, 4.69) is 0 Å². The zero-order chi connectivity index (χ0) is 11.4. The number of hydrogen-bond donors (Lipinski definition) is 0. The van der Waals surface area contributed by atoms with Gasteiger partial charge in [-0.3, -0.25) is 0 Å². The number of alkyl halides is 2. The van der Waals surface area contributed by atoms with Gasteiger partial charge in [-0.05, 0) is 0 Å². The molecule has 17 heavy (non-hydrogen) atoms. The molecule has 3 aliphatic heterocycles. The Morgan fingerprint density at radius 2 is 2.12 bits per heavy atom. The van der Waals surface area contributed by atoms with Gasteiger partial charge in [0.05, 0.1) is 0 Å². The molecule has 3 heterocycles. The van der Waals surface area contributed by atoms with Gasteiger partial charge in [-0.15, -0.1) is 0 Å². The quantitative estimate of drug-likeness (QED) is 0.443. The second-order valence-corrected chi connectivity index (χ2v) is 8.51. The molecule has 1 aromatic rings. The number of ether oxygens (including phenoxy) is 1. The summed E-state index contributed by atoms with van der Waals surface area (Å²) >= 11 is 0.278. The average molecular weight is 342 g/mol. The molecule has 0 saturated carbocycles. The van der Waals surface area contributed by atoms with E-state index in [1.54, 1.807) is 0 Å². The first-order chi connectivity index (χ1) is 8.34. The molecule has 1 amide bonds. The predicted molar refractivity (Wildman–Crippen MR) is 58.0 cm³/mol. The van der Waals surface area contributed by atoms with Crippen LogP contribution in [0.25, 0.3) is 0 Å². The summed E-state index contributed by atoms with van der Waals surface area (Å²) in [5.41, 5.74) is 1.11. The van der Waals surface area contributed by atoms with Gasteiger partial charge in [0.1, 0.15) is 0 Å². The first-order valence-corrected chi connectivity index (χ1v) is 8.43. The third kappa shape index (κ3) is 1.53. The molecule has 3 saturated heterocycles. The number of piperidine rings is 1. The zero-order valence-corrected chi connectivity index (χ0v) is 11.4. The van der Waals surface area contributed by atoms with Gasteiger partial charge in [-0.25, -0.2) is 0 Å². The van der Waals surface area contributed by atoms with Gasteiger partial charge in [-0.1, -0.05) is 0 Å². The number of rotatable bonds is 1. The molecular weight excluding hydrogens is 329 g/mol. The van der Waals surface area contributed by atoms with Crippen molar-refractivity contribution in [3.05, 3.63) is 35.9 Å². The van der Waals surface area contributed by atoms with E-state index in [1.807, 2.05) is 35.2 Å². The summed E-state index contributed by atoms with van der Waals surface area (Å²) in [6.45, 7) is 0.742. The van der Waals surface area contributed by atoms with E-state index in [0.29, 0.717) is 11.9 Å². The van der Waals surface area contributed by atoms with Gasteiger partial charge in [0.25, 0.3) is 0 Å². The third-order valence-electron chi connectivity index (χ3n) is 3.73. The van der Waals surface area contributed by atoms with Crippen LogP contribution < -0.4 is 21.2 Å². The van der Waals surface area contributed by atoms with Crippen molar-refractivity contribution in [3.63, 3.8) is 0 Å². The Bertz CT molecular complexity index is 464. The van der Waals surface area contributed by atoms with E-state index < -0.39 is 0 Å². The van der Waals surface area contributed by atoms with E-state index in [9.17, 15) is 4.79 Å². The summed E-state index contributed by atoms with van der Waals surface area (Å²) in [5.74, 6) is 0.305. The summed E-state index contributed by atoms with van der Waals surface area (Å²) in [6, 6.07) is 10.5. The van der Waals surface area contributed by atoms with Crippen molar-refractivity contribution >= 4 is 5.91 Å². The fourth-order valence-electron chi connectivity index (χ4n) is 2.86. The SMILES string of the molecule is O=C1CC2[I-]C2[C@H]2COC(c3ccccc3)N12. The van der Waals surface area contributed by atoms with Crippen molar-refractivity contribution in [1.29, 1.82) is 0 Å². The molecule has 3 nitrogen and oxygen atoms in total. The summed E-state index contributed by atoms with van der Waals surface area (Å²) in [7, 11) is 0. The standard InChI is InChI=1S/C13H13INO2/c16-11-6-9-12(14-9)10-7-17-13(15(10)11)8-4-2-1-3-5-8/h1-5,9-10,12-13H,6-7H2/q-1/t9?,10-,12?,13?/m1/s1. The second-order valence-electron chi connectivity index (χ2n) is 4.76. The third-order valence-corrected chi connectivity index (χ3v) is 7.57. The maximum atomic E-state index is 12.2. The molecule has 0 spiro atoms. The monoisotopic (exact) mass is 342 g/mol. The fourth-order valence-corrected chi connectivity index (χ4v) is 6.08. The second kappa shape index (κ2) is 3.68. The first kappa shape index (κ1) is 10.3. The number of nitrogens with zero attached hydrogens (tertiary/aromatic N) is 1. The van der Waals surface area contributed by atoms with Crippen LogP contribution in [0, 0.1) is 0 Å². The van der Waals surface area contributed by atoms with Crippen LogP contribution in [0.15, 0.2) is 30.3 Å². The van der Waals surface area contributed by atoms with E-state index >= 15 is 0 Å². The normalized spacial score (nSPS) is 39.3. The van der Waals surface area contributed by atoms with Gasteiger partial charge < -0.3 is 0 Å². The van der Waals surface area contributed by atoms with Crippen LogP contribution in [-0.4, -0.2) is 31.3 Å². The van der Waals surface area contributed by atoms with Crippen molar-refractivity contribution in [3.8, 4) is 0 Å². The number of halogens is 1. The van der Waals surface area contributed by atoms with Crippen molar-refractivity contribution < 1.29 is 30.7 Å². The number of benzene rings is 1. The average Bonchev–Trinajstić information content (AvgIpc) is 2.99. The van der Waals surface area contributed by atoms with Crippen LogP contribution in [0.1, 0.15) is 18.2 Å². The fraction of sp³-hybridized carbons (Fsp3) is 0.462. The van der Waals surface area contributed by atoms with Gasteiger partial charge in [0, 0.05) is 0 Å². The molecule has 0 N–H and O–H groups in total. The minimum atomic E-state index is -0.126. The number of carbonyl (C=O) groups is 1. The summed E-state index contributed by atoms with van der Waals surface area (Å²) in [4.78, 5) is 14.2. The van der Waals surface area contributed by atoms with Crippen LogP contribution in [0.4, 0.5) is 0 Å². The van der Waals surface area contributed by atoms with Gasteiger partial charge in [0.2, 0.25) is 0 Å². The Morgan fingerprint density at radius 3 is 2.94 bits per heavy atom.